The Labute approximate surface area is 144 Å². The van der Waals surface area contributed by atoms with Crippen LogP contribution in [0.5, 0.6) is 5.75 Å². The molecule has 3 aromatic carbocycles. The molecular formula is C20H17F2NO2. The van der Waals surface area contributed by atoms with Gasteiger partial charge in [-0.2, -0.15) is 8.78 Å². The van der Waals surface area contributed by atoms with Gasteiger partial charge in [0.1, 0.15) is 11.9 Å². The molecule has 1 N–H and O–H groups in total. The number of anilines is 1. The Kier molecular flexibility index (Phi) is 3.81. The van der Waals surface area contributed by atoms with Crippen molar-refractivity contribution >= 4 is 16.5 Å². The van der Waals surface area contributed by atoms with Crippen molar-refractivity contribution in [3.8, 4) is 5.75 Å². The van der Waals surface area contributed by atoms with Crippen LogP contribution in [0.25, 0.3) is 10.8 Å². The molecule has 0 aromatic heterocycles. The third-order valence-electron chi connectivity index (χ3n) is 4.03. The Hall–Kier alpha value is -2.66. The third kappa shape index (κ3) is 3.72. The van der Waals surface area contributed by atoms with Crippen LogP contribution in [-0.4, -0.2) is 12.3 Å². The van der Waals surface area contributed by atoms with Crippen LogP contribution < -0.4 is 10.1 Å². The number of nitrogens with one attached hydrogen (secondary N) is 1. The summed E-state index contributed by atoms with van der Waals surface area (Å²) in [5, 5.41) is 5.54. The van der Waals surface area contributed by atoms with Gasteiger partial charge < -0.3 is 14.8 Å². The van der Waals surface area contributed by atoms with Gasteiger partial charge in [-0.1, -0.05) is 42.5 Å². The van der Waals surface area contributed by atoms with Crippen LogP contribution in [0.2, 0.25) is 0 Å². The number of rotatable bonds is 5. The van der Waals surface area contributed by atoms with Crippen molar-refractivity contribution in [2.24, 2.45) is 0 Å². The summed E-state index contributed by atoms with van der Waals surface area (Å²) in [4.78, 5) is 0. The van der Waals surface area contributed by atoms with Gasteiger partial charge in [-0.15, -0.1) is 0 Å². The fourth-order valence-corrected chi connectivity index (χ4v) is 2.88. The van der Waals surface area contributed by atoms with Gasteiger partial charge in [-0.25, -0.2) is 0 Å². The van der Waals surface area contributed by atoms with Crippen LogP contribution in [0, 0.1) is 0 Å². The summed E-state index contributed by atoms with van der Waals surface area (Å²) in [6.07, 6.45) is -3.44. The monoisotopic (exact) mass is 341 g/mol. The third-order valence-corrected chi connectivity index (χ3v) is 4.03. The number of epoxide rings is 1. The molecule has 25 heavy (non-hydrogen) atoms. The summed E-state index contributed by atoms with van der Waals surface area (Å²) in [7, 11) is 0. The number of benzene rings is 3. The van der Waals surface area contributed by atoms with E-state index in [4.69, 9.17) is 4.74 Å². The largest absolute Gasteiger partial charge is 0.433 e. The van der Waals surface area contributed by atoms with Gasteiger partial charge in [0, 0.05) is 18.7 Å². The highest BCUT2D eigenvalue weighted by molar-refractivity contribution is 5.83. The molecule has 3 aromatic rings. The summed E-state index contributed by atoms with van der Waals surface area (Å²) >= 11 is 0. The summed E-state index contributed by atoms with van der Waals surface area (Å²) in [6.45, 7) is 0.715. The van der Waals surface area contributed by atoms with E-state index < -0.39 is 6.11 Å². The number of halogens is 2. The van der Waals surface area contributed by atoms with Crippen LogP contribution in [0.4, 0.5) is 14.5 Å². The van der Waals surface area contributed by atoms with E-state index in [-0.39, 0.29) is 18.1 Å². The Morgan fingerprint density at radius 1 is 0.960 bits per heavy atom. The lowest BCUT2D eigenvalue weighted by Gasteiger charge is -2.13. The Balaban J connectivity index is 1.45. The van der Waals surface area contributed by atoms with Crippen LogP contribution in [0.3, 0.4) is 0 Å². The molecule has 3 nitrogen and oxygen atoms in total. The molecule has 4 rings (SSSR count). The first-order valence-electron chi connectivity index (χ1n) is 8.06. The SMILES string of the molecule is CC(F)(F)Oc1cccc(NC2OC2c2ccc3ccccc3c2)c1. The minimum atomic E-state index is -3.21. The second kappa shape index (κ2) is 6.01. The van der Waals surface area contributed by atoms with E-state index in [1.807, 2.05) is 18.2 Å². The summed E-state index contributed by atoms with van der Waals surface area (Å²) in [5.74, 6) is 0.111. The molecule has 0 saturated carbocycles. The van der Waals surface area contributed by atoms with Gasteiger partial charge in [0.05, 0.1) is 0 Å². The number of ether oxygens (including phenoxy) is 2. The van der Waals surface area contributed by atoms with E-state index in [0.717, 1.165) is 10.9 Å². The molecule has 1 aliphatic heterocycles. The standard InChI is InChI=1S/C20H17F2NO2/c1-20(21,22)25-17-8-4-7-16(12-17)23-19-18(24-19)15-10-9-13-5-2-3-6-14(13)11-15/h2-12,18-19,23H,1H3. The average Bonchev–Trinajstić information content (AvgIpc) is 3.32. The topological polar surface area (TPSA) is 33.8 Å². The minimum Gasteiger partial charge on any atom is -0.433 e. The molecule has 2 unspecified atom stereocenters. The first-order valence-corrected chi connectivity index (χ1v) is 8.06. The Bertz CT molecular complexity index is 907. The number of hydrogen-bond acceptors (Lipinski definition) is 3. The van der Waals surface area contributed by atoms with Crippen molar-refractivity contribution in [2.75, 3.05) is 5.32 Å². The molecular weight excluding hydrogens is 324 g/mol. The number of fused-ring (bicyclic) bond motifs is 1. The van der Waals surface area contributed by atoms with E-state index >= 15 is 0 Å². The lowest BCUT2D eigenvalue weighted by molar-refractivity contribution is -0.158. The van der Waals surface area contributed by atoms with Gasteiger partial charge in [-0.3, -0.25) is 0 Å². The fourth-order valence-electron chi connectivity index (χ4n) is 2.88. The van der Waals surface area contributed by atoms with Gasteiger partial charge in [0.15, 0.2) is 6.23 Å². The van der Waals surface area contributed by atoms with Crippen molar-refractivity contribution < 1.29 is 18.3 Å². The Morgan fingerprint density at radius 3 is 2.56 bits per heavy atom. The first kappa shape index (κ1) is 15.8. The lowest BCUT2D eigenvalue weighted by atomic mass is 10.0. The zero-order chi connectivity index (χ0) is 17.4. The molecule has 1 fully saturated rings. The predicted molar refractivity (Wildman–Crippen MR) is 92.9 cm³/mol. The molecule has 0 radical (unpaired) electrons. The second-order valence-corrected chi connectivity index (χ2v) is 6.17. The highest BCUT2D eigenvalue weighted by Gasteiger charge is 2.40. The van der Waals surface area contributed by atoms with E-state index in [1.165, 1.54) is 17.5 Å². The highest BCUT2D eigenvalue weighted by Crippen LogP contribution is 2.40. The van der Waals surface area contributed by atoms with E-state index in [2.05, 4.69) is 34.3 Å². The van der Waals surface area contributed by atoms with Crippen molar-refractivity contribution in [2.45, 2.75) is 25.4 Å². The maximum Gasteiger partial charge on any atom is 0.394 e. The lowest BCUT2D eigenvalue weighted by Crippen LogP contribution is -2.19. The van der Waals surface area contributed by atoms with Crippen LogP contribution in [0.1, 0.15) is 18.6 Å². The summed E-state index contributed by atoms with van der Waals surface area (Å²) < 4.78 is 36.2. The molecule has 1 aliphatic rings. The van der Waals surface area contributed by atoms with Crippen molar-refractivity contribution in [1.82, 2.24) is 0 Å². The van der Waals surface area contributed by atoms with Crippen LogP contribution >= 0.6 is 0 Å². The maximum atomic E-state index is 13.0. The molecule has 0 bridgehead atoms. The number of alkyl halides is 2. The van der Waals surface area contributed by atoms with Gasteiger partial charge in [0.25, 0.3) is 0 Å². The molecule has 128 valence electrons. The zero-order valence-electron chi connectivity index (χ0n) is 13.6. The smallest absolute Gasteiger partial charge is 0.394 e. The average molecular weight is 341 g/mol. The predicted octanol–water partition coefficient (Wildman–Crippen LogP) is 5.34. The first-order chi connectivity index (χ1) is 12.0. The summed E-state index contributed by atoms with van der Waals surface area (Å²) in [5.41, 5.74) is 1.76. The Morgan fingerprint density at radius 2 is 1.76 bits per heavy atom. The molecule has 0 amide bonds. The van der Waals surface area contributed by atoms with Crippen LogP contribution in [0.15, 0.2) is 66.7 Å². The number of hydrogen-bond donors (Lipinski definition) is 1. The van der Waals surface area contributed by atoms with Crippen molar-refractivity contribution in [1.29, 1.82) is 0 Å². The normalized spacial score (nSPS) is 19.6. The van der Waals surface area contributed by atoms with E-state index in [9.17, 15) is 8.78 Å². The van der Waals surface area contributed by atoms with E-state index in [0.29, 0.717) is 12.6 Å². The fraction of sp³-hybridized carbons (Fsp3) is 0.200. The highest BCUT2D eigenvalue weighted by atomic mass is 19.3. The van der Waals surface area contributed by atoms with Gasteiger partial charge in [-0.05, 0) is 34.5 Å². The minimum absolute atomic E-state index is 0.0539. The molecule has 0 spiro atoms. The maximum absolute atomic E-state index is 13.0. The van der Waals surface area contributed by atoms with Crippen molar-refractivity contribution in [3.63, 3.8) is 0 Å². The molecule has 5 heteroatoms. The molecule has 0 aliphatic carbocycles. The van der Waals surface area contributed by atoms with Gasteiger partial charge >= 0.3 is 6.11 Å². The second-order valence-electron chi connectivity index (χ2n) is 6.17. The van der Waals surface area contributed by atoms with E-state index in [1.54, 1.807) is 12.1 Å². The molecule has 2 atom stereocenters. The zero-order valence-corrected chi connectivity index (χ0v) is 13.6. The molecule has 1 saturated heterocycles. The van der Waals surface area contributed by atoms with Crippen LogP contribution in [-0.2, 0) is 4.74 Å². The van der Waals surface area contributed by atoms with Crippen molar-refractivity contribution in [3.05, 3.63) is 72.3 Å². The quantitative estimate of drug-likeness (QED) is 0.636. The summed E-state index contributed by atoms with van der Waals surface area (Å²) in [6, 6.07) is 20.9. The molecule has 1 heterocycles. The van der Waals surface area contributed by atoms with Gasteiger partial charge in [0.2, 0.25) is 0 Å².